The number of fused-ring (bicyclic) bond motifs is 1. The van der Waals surface area contributed by atoms with E-state index in [4.69, 9.17) is 10.5 Å². The summed E-state index contributed by atoms with van der Waals surface area (Å²) in [6.45, 7) is 0. The van der Waals surface area contributed by atoms with Gasteiger partial charge >= 0.3 is 18.4 Å². The first-order valence-electron chi connectivity index (χ1n) is 9.07. The van der Waals surface area contributed by atoms with Gasteiger partial charge in [-0.1, -0.05) is 6.42 Å². The number of alkyl halides is 2. The number of carbonyl (C=O) groups excluding carboxylic acids is 5. The van der Waals surface area contributed by atoms with Gasteiger partial charge < -0.3 is 10.5 Å². The number of rotatable bonds is 4. The fraction of sp³-hybridized carbons (Fsp3) is 0.389. The zero-order chi connectivity index (χ0) is 22.0. The van der Waals surface area contributed by atoms with Crippen LogP contribution in [-0.4, -0.2) is 53.2 Å². The lowest BCUT2D eigenvalue weighted by Crippen LogP contribution is -2.50. The van der Waals surface area contributed by atoms with E-state index in [2.05, 4.69) is 0 Å². The van der Waals surface area contributed by atoms with Crippen LogP contribution in [0.1, 0.15) is 56.8 Å². The largest absolute Gasteiger partial charge is 0.444 e. The second-order valence-electron chi connectivity index (χ2n) is 6.81. The molecule has 12 heteroatoms. The van der Waals surface area contributed by atoms with Crippen LogP contribution in [0.15, 0.2) is 18.2 Å². The van der Waals surface area contributed by atoms with E-state index in [9.17, 15) is 32.8 Å². The predicted octanol–water partition coefficient (Wildman–Crippen LogP) is 0.715. The topological polar surface area (TPSA) is 148 Å². The van der Waals surface area contributed by atoms with E-state index < -0.39 is 48.3 Å². The molecule has 0 unspecified atom stereocenters. The quantitative estimate of drug-likeness (QED) is 0.479. The molecule has 2 aliphatic rings. The van der Waals surface area contributed by atoms with Crippen molar-refractivity contribution in [2.24, 2.45) is 5.73 Å². The molecule has 1 aliphatic carbocycles. The summed E-state index contributed by atoms with van der Waals surface area (Å²) < 4.78 is 29.5. The van der Waals surface area contributed by atoms with E-state index in [1.165, 1.54) is 12.1 Å². The van der Waals surface area contributed by atoms with Gasteiger partial charge in [0, 0.05) is 5.56 Å². The Morgan fingerprint density at radius 1 is 1.07 bits per heavy atom. The van der Waals surface area contributed by atoms with Gasteiger partial charge in [0.15, 0.2) is 0 Å². The molecule has 160 valence electrons. The highest BCUT2D eigenvalue weighted by Crippen LogP contribution is 2.33. The Labute approximate surface area is 168 Å². The number of primary amides is 1. The molecule has 1 heterocycles. The van der Waals surface area contributed by atoms with Crippen molar-refractivity contribution < 1.29 is 37.5 Å². The zero-order valence-electron chi connectivity index (χ0n) is 15.5. The predicted molar refractivity (Wildman–Crippen MR) is 95.3 cm³/mol. The van der Waals surface area contributed by atoms with Crippen LogP contribution in [0.25, 0.3) is 0 Å². The molecule has 1 aromatic carbocycles. The molecule has 3 rings (SSSR count). The van der Waals surface area contributed by atoms with E-state index >= 15 is 0 Å². The summed E-state index contributed by atoms with van der Waals surface area (Å²) in [7, 11) is 0. The van der Waals surface area contributed by atoms with Crippen molar-refractivity contribution in [3.8, 4) is 0 Å². The molecule has 1 saturated carbocycles. The number of nitrogens with zero attached hydrogens (tertiary/aromatic N) is 1. The number of hydrazine groups is 1. The second-order valence-corrected chi connectivity index (χ2v) is 6.81. The summed E-state index contributed by atoms with van der Waals surface area (Å²) >= 11 is 0. The number of amides is 5. The summed E-state index contributed by atoms with van der Waals surface area (Å²) in [4.78, 5) is 60.8. The van der Waals surface area contributed by atoms with Gasteiger partial charge in [-0.15, -0.1) is 0 Å². The lowest BCUT2D eigenvalue weighted by atomic mass is 9.91. The second kappa shape index (κ2) is 8.43. The van der Waals surface area contributed by atoms with Gasteiger partial charge in [-0.2, -0.15) is 8.78 Å². The Morgan fingerprint density at radius 3 is 2.40 bits per heavy atom. The molecule has 0 bridgehead atoms. The highest BCUT2D eigenvalue weighted by atomic mass is 19.3. The van der Waals surface area contributed by atoms with Crippen LogP contribution >= 0.6 is 0 Å². The molecule has 5 amide bonds. The van der Waals surface area contributed by atoms with Crippen molar-refractivity contribution in [2.75, 3.05) is 0 Å². The molecule has 1 aliphatic heterocycles. The van der Waals surface area contributed by atoms with Gasteiger partial charge in [-0.05, 0) is 37.5 Å². The van der Waals surface area contributed by atoms with E-state index in [1.807, 2.05) is 0 Å². The van der Waals surface area contributed by atoms with Crippen LogP contribution in [0.4, 0.5) is 13.6 Å². The van der Waals surface area contributed by atoms with Gasteiger partial charge in [-0.3, -0.25) is 34.9 Å². The van der Waals surface area contributed by atoms with Gasteiger partial charge in [0.05, 0.1) is 17.2 Å². The van der Waals surface area contributed by atoms with Crippen molar-refractivity contribution in [1.29, 1.82) is 0 Å². The lowest BCUT2D eigenvalue weighted by Gasteiger charge is -2.35. The summed E-state index contributed by atoms with van der Waals surface area (Å²) in [5.74, 6) is -3.91. The Bertz CT molecular complexity index is 922. The summed E-state index contributed by atoms with van der Waals surface area (Å²) in [6.07, 6.45) is -2.72. The van der Waals surface area contributed by atoms with Crippen molar-refractivity contribution in [1.82, 2.24) is 15.8 Å². The maximum absolute atomic E-state index is 12.9. The lowest BCUT2D eigenvalue weighted by molar-refractivity contribution is -0.132. The maximum atomic E-state index is 12.9. The highest BCUT2D eigenvalue weighted by Gasteiger charge is 2.44. The summed E-state index contributed by atoms with van der Waals surface area (Å²) in [6, 6.07) is 2.91. The molecule has 0 saturated heterocycles. The molecule has 1 aromatic rings. The van der Waals surface area contributed by atoms with E-state index in [0.717, 1.165) is 17.4 Å². The maximum Gasteiger partial charge on any atom is 0.404 e. The molecular formula is C18H18F2N4O6. The Balaban J connectivity index is 1.80. The van der Waals surface area contributed by atoms with Crippen LogP contribution in [0.5, 0.6) is 0 Å². The van der Waals surface area contributed by atoms with Gasteiger partial charge in [-0.25, -0.2) is 4.79 Å². The van der Waals surface area contributed by atoms with Crippen molar-refractivity contribution in [3.63, 3.8) is 0 Å². The third-order valence-corrected chi connectivity index (χ3v) is 4.94. The molecule has 0 aromatic heterocycles. The zero-order valence-corrected chi connectivity index (χ0v) is 15.5. The molecule has 10 nitrogen and oxygen atoms in total. The number of halogens is 2. The number of carbonyl (C=O) groups is 5. The fourth-order valence-electron chi connectivity index (χ4n) is 3.61. The van der Waals surface area contributed by atoms with E-state index in [1.54, 1.807) is 10.9 Å². The number of hydrogen-bond donors (Lipinski definition) is 3. The first-order valence-corrected chi connectivity index (χ1v) is 9.07. The third kappa shape index (κ3) is 4.07. The molecule has 0 spiro atoms. The minimum absolute atomic E-state index is 0.0524. The number of imide groups is 1. The SMILES string of the molecule is NC(=O)O[C@@H]1CCCC[C@H]1N1C(=O)c2ccc(C(=O)NNC(=O)C(F)F)cc2C1=O. The fourth-order valence-corrected chi connectivity index (χ4v) is 3.61. The van der Waals surface area contributed by atoms with Crippen LogP contribution in [0, 0.1) is 0 Å². The minimum atomic E-state index is -3.32. The van der Waals surface area contributed by atoms with Crippen LogP contribution in [-0.2, 0) is 9.53 Å². The van der Waals surface area contributed by atoms with Crippen molar-refractivity contribution >= 4 is 29.7 Å². The van der Waals surface area contributed by atoms with Crippen molar-refractivity contribution in [3.05, 3.63) is 34.9 Å². The first kappa shape index (κ1) is 21.1. The molecular weight excluding hydrogens is 406 g/mol. The Kier molecular flexibility index (Phi) is 5.94. The number of benzene rings is 1. The van der Waals surface area contributed by atoms with Crippen LogP contribution in [0.2, 0.25) is 0 Å². The van der Waals surface area contributed by atoms with Crippen LogP contribution < -0.4 is 16.6 Å². The average molecular weight is 424 g/mol. The van der Waals surface area contributed by atoms with Gasteiger partial charge in [0.2, 0.25) is 0 Å². The normalized spacial score (nSPS) is 20.7. The number of ether oxygens (including phenoxy) is 1. The summed E-state index contributed by atoms with van der Waals surface area (Å²) in [5.41, 5.74) is 8.30. The van der Waals surface area contributed by atoms with E-state index in [-0.39, 0.29) is 16.7 Å². The molecule has 30 heavy (non-hydrogen) atoms. The molecule has 1 fully saturated rings. The van der Waals surface area contributed by atoms with E-state index in [0.29, 0.717) is 19.3 Å². The minimum Gasteiger partial charge on any atom is -0.444 e. The Morgan fingerprint density at radius 2 is 1.73 bits per heavy atom. The van der Waals surface area contributed by atoms with Gasteiger partial charge in [0.1, 0.15) is 6.10 Å². The monoisotopic (exact) mass is 424 g/mol. The standard InChI is InChI=1S/C18H18F2N4O6/c19-13(20)15(26)23-22-14(25)8-5-6-9-10(7-8)17(28)24(16(9)27)11-3-1-2-4-12(11)30-18(21)29/h5-7,11-13H,1-4H2,(H2,21,29)(H,22,25)(H,23,26)/t11-,12-/m1/s1. The molecule has 0 radical (unpaired) electrons. The van der Waals surface area contributed by atoms with Crippen LogP contribution in [0.3, 0.4) is 0 Å². The third-order valence-electron chi connectivity index (χ3n) is 4.94. The van der Waals surface area contributed by atoms with Gasteiger partial charge in [0.25, 0.3) is 17.7 Å². The molecule has 2 atom stereocenters. The first-order chi connectivity index (χ1) is 14.2. The molecule has 4 N–H and O–H groups in total. The Hall–Kier alpha value is -3.57. The average Bonchev–Trinajstić information content (AvgIpc) is 2.95. The smallest absolute Gasteiger partial charge is 0.404 e. The summed E-state index contributed by atoms with van der Waals surface area (Å²) in [5, 5.41) is 0. The highest BCUT2D eigenvalue weighted by molar-refractivity contribution is 6.22. The van der Waals surface area contributed by atoms with Crippen molar-refractivity contribution in [2.45, 2.75) is 44.3 Å². The number of nitrogens with two attached hydrogens (primary N) is 1. The number of nitrogens with one attached hydrogen (secondary N) is 2. The number of hydrogen-bond acceptors (Lipinski definition) is 6.